The number of carbonyl (C=O) groups excluding carboxylic acids is 1. The number of anilines is 1. The lowest BCUT2D eigenvalue weighted by Gasteiger charge is -2.07. The minimum atomic E-state index is -0.415. The maximum Gasteiger partial charge on any atom is 0.261 e. The highest BCUT2D eigenvalue weighted by molar-refractivity contribution is 6.05. The van der Waals surface area contributed by atoms with Crippen LogP contribution in [0.2, 0.25) is 0 Å². The SMILES string of the molecule is Cc1cccc(C(=O)Nc2ncnn2C)c1O. The molecular formula is C11H12N4O2. The van der Waals surface area contributed by atoms with Crippen LogP contribution in [0, 0.1) is 6.92 Å². The Morgan fingerprint density at radius 3 is 2.88 bits per heavy atom. The molecule has 17 heavy (non-hydrogen) atoms. The standard InChI is InChI=1S/C11H12N4O2/c1-7-4-3-5-8(9(7)16)10(17)14-11-12-6-13-15(11)2/h3-6,16H,1-2H3,(H,12,13,14,17). The van der Waals surface area contributed by atoms with Gasteiger partial charge in [0, 0.05) is 7.05 Å². The van der Waals surface area contributed by atoms with Gasteiger partial charge in [0.05, 0.1) is 5.56 Å². The van der Waals surface area contributed by atoms with Crippen LogP contribution in [-0.4, -0.2) is 25.8 Å². The Morgan fingerprint density at radius 2 is 2.24 bits per heavy atom. The molecule has 0 saturated heterocycles. The zero-order chi connectivity index (χ0) is 12.4. The van der Waals surface area contributed by atoms with E-state index < -0.39 is 5.91 Å². The minimum Gasteiger partial charge on any atom is -0.507 e. The van der Waals surface area contributed by atoms with Gasteiger partial charge in [-0.2, -0.15) is 10.1 Å². The van der Waals surface area contributed by atoms with E-state index in [9.17, 15) is 9.90 Å². The molecule has 0 aliphatic carbocycles. The summed E-state index contributed by atoms with van der Waals surface area (Å²) in [5.41, 5.74) is 0.864. The topological polar surface area (TPSA) is 80.0 Å². The van der Waals surface area contributed by atoms with Crippen molar-refractivity contribution in [1.29, 1.82) is 0 Å². The van der Waals surface area contributed by atoms with E-state index in [0.717, 1.165) is 0 Å². The van der Waals surface area contributed by atoms with E-state index in [1.165, 1.54) is 11.0 Å². The highest BCUT2D eigenvalue weighted by Crippen LogP contribution is 2.21. The predicted molar refractivity (Wildman–Crippen MR) is 61.8 cm³/mol. The summed E-state index contributed by atoms with van der Waals surface area (Å²) >= 11 is 0. The van der Waals surface area contributed by atoms with Gasteiger partial charge in [-0.1, -0.05) is 12.1 Å². The lowest BCUT2D eigenvalue weighted by atomic mass is 10.1. The number of hydrogen-bond acceptors (Lipinski definition) is 4. The van der Waals surface area contributed by atoms with Crippen LogP contribution in [0.3, 0.4) is 0 Å². The van der Waals surface area contributed by atoms with Gasteiger partial charge in [-0.05, 0) is 18.6 Å². The number of phenols is 1. The number of nitrogens with zero attached hydrogens (tertiary/aromatic N) is 3. The first-order valence-corrected chi connectivity index (χ1v) is 5.03. The molecule has 1 aromatic carbocycles. The Labute approximate surface area is 97.9 Å². The summed E-state index contributed by atoms with van der Waals surface area (Å²) in [5, 5.41) is 16.2. The lowest BCUT2D eigenvalue weighted by molar-refractivity contribution is 0.102. The zero-order valence-corrected chi connectivity index (χ0v) is 9.51. The fourth-order valence-corrected chi connectivity index (χ4v) is 1.42. The summed E-state index contributed by atoms with van der Waals surface area (Å²) in [6.45, 7) is 1.73. The molecule has 6 heteroatoms. The van der Waals surface area contributed by atoms with E-state index in [4.69, 9.17) is 0 Å². The first-order chi connectivity index (χ1) is 8.09. The largest absolute Gasteiger partial charge is 0.507 e. The van der Waals surface area contributed by atoms with Gasteiger partial charge < -0.3 is 5.11 Å². The summed E-state index contributed by atoms with van der Waals surface area (Å²) < 4.78 is 1.44. The Bertz CT molecular complexity index is 562. The number of aryl methyl sites for hydroxylation is 2. The first-order valence-electron chi connectivity index (χ1n) is 5.03. The molecule has 2 rings (SSSR count). The monoisotopic (exact) mass is 232 g/mol. The molecule has 0 saturated carbocycles. The van der Waals surface area contributed by atoms with Crippen LogP contribution in [0.5, 0.6) is 5.75 Å². The van der Waals surface area contributed by atoms with Gasteiger partial charge in [-0.15, -0.1) is 0 Å². The molecule has 0 unspecified atom stereocenters. The van der Waals surface area contributed by atoms with Crippen molar-refractivity contribution < 1.29 is 9.90 Å². The summed E-state index contributed by atoms with van der Waals surface area (Å²) in [4.78, 5) is 15.8. The maximum absolute atomic E-state index is 11.9. The molecule has 0 aliphatic rings. The molecule has 1 aromatic heterocycles. The second kappa shape index (κ2) is 4.25. The third-order valence-corrected chi connectivity index (χ3v) is 2.42. The Hall–Kier alpha value is -2.37. The van der Waals surface area contributed by atoms with Crippen LogP contribution >= 0.6 is 0 Å². The number of benzene rings is 1. The molecule has 0 aliphatic heterocycles. The van der Waals surface area contributed by atoms with Gasteiger partial charge in [-0.25, -0.2) is 4.68 Å². The zero-order valence-electron chi connectivity index (χ0n) is 9.51. The van der Waals surface area contributed by atoms with E-state index in [1.54, 1.807) is 32.2 Å². The maximum atomic E-state index is 11.9. The van der Waals surface area contributed by atoms with Gasteiger partial charge in [-0.3, -0.25) is 10.1 Å². The number of hydrogen-bond donors (Lipinski definition) is 2. The predicted octanol–water partition coefficient (Wildman–Crippen LogP) is 1.08. The van der Waals surface area contributed by atoms with Crippen LogP contribution in [0.15, 0.2) is 24.5 Å². The Kier molecular flexibility index (Phi) is 2.78. The van der Waals surface area contributed by atoms with Crippen LogP contribution in [0.4, 0.5) is 5.95 Å². The van der Waals surface area contributed by atoms with E-state index in [2.05, 4.69) is 15.4 Å². The van der Waals surface area contributed by atoms with Crippen LogP contribution < -0.4 is 5.32 Å². The van der Waals surface area contributed by atoms with E-state index >= 15 is 0 Å². The van der Waals surface area contributed by atoms with Crippen LogP contribution in [0.1, 0.15) is 15.9 Å². The summed E-state index contributed by atoms with van der Waals surface area (Å²) in [7, 11) is 1.67. The molecule has 0 atom stereocenters. The molecule has 0 fully saturated rings. The highest BCUT2D eigenvalue weighted by Gasteiger charge is 2.14. The number of rotatable bonds is 2. The van der Waals surface area contributed by atoms with Gasteiger partial charge in [0.25, 0.3) is 5.91 Å². The third kappa shape index (κ3) is 2.10. The summed E-state index contributed by atoms with van der Waals surface area (Å²) in [6.07, 6.45) is 1.34. The molecule has 1 heterocycles. The fraction of sp³-hybridized carbons (Fsp3) is 0.182. The normalized spacial score (nSPS) is 10.2. The van der Waals surface area contributed by atoms with E-state index in [0.29, 0.717) is 11.5 Å². The molecule has 1 amide bonds. The average molecular weight is 232 g/mol. The number of nitrogens with one attached hydrogen (secondary N) is 1. The molecular weight excluding hydrogens is 220 g/mol. The number of amides is 1. The Balaban J connectivity index is 2.27. The molecule has 0 radical (unpaired) electrons. The van der Waals surface area contributed by atoms with Crippen molar-refractivity contribution in [1.82, 2.24) is 14.8 Å². The average Bonchev–Trinajstić information content (AvgIpc) is 2.68. The van der Waals surface area contributed by atoms with Crippen molar-refractivity contribution in [3.8, 4) is 5.75 Å². The van der Waals surface area contributed by atoms with Crippen molar-refractivity contribution in [2.45, 2.75) is 6.92 Å². The number of aromatic nitrogens is 3. The molecule has 6 nitrogen and oxygen atoms in total. The number of carbonyl (C=O) groups is 1. The second-order valence-electron chi connectivity index (χ2n) is 3.63. The summed E-state index contributed by atoms with van der Waals surface area (Å²) in [6, 6.07) is 4.99. The van der Waals surface area contributed by atoms with Gasteiger partial charge in [0.15, 0.2) is 0 Å². The van der Waals surface area contributed by atoms with Gasteiger partial charge in [0.2, 0.25) is 5.95 Å². The van der Waals surface area contributed by atoms with Gasteiger partial charge >= 0.3 is 0 Å². The smallest absolute Gasteiger partial charge is 0.261 e. The van der Waals surface area contributed by atoms with E-state index in [-0.39, 0.29) is 11.3 Å². The number of aromatic hydroxyl groups is 1. The fourth-order valence-electron chi connectivity index (χ4n) is 1.42. The summed E-state index contributed by atoms with van der Waals surface area (Å²) in [5.74, 6) is -0.106. The molecule has 88 valence electrons. The minimum absolute atomic E-state index is 0.0211. The Morgan fingerprint density at radius 1 is 1.47 bits per heavy atom. The lowest BCUT2D eigenvalue weighted by Crippen LogP contribution is -2.15. The highest BCUT2D eigenvalue weighted by atomic mass is 16.3. The first kappa shape index (κ1) is 11.1. The van der Waals surface area contributed by atoms with Crippen molar-refractivity contribution >= 4 is 11.9 Å². The van der Waals surface area contributed by atoms with Crippen molar-refractivity contribution in [3.05, 3.63) is 35.7 Å². The van der Waals surface area contributed by atoms with Crippen molar-refractivity contribution in [2.75, 3.05) is 5.32 Å². The molecule has 2 N–H and O–H groups in total. The molecule has 2 aromatic rings. The molecule has 0 spiro atoms. The molecule has 0 bridgehead atoms. The van der Waals surface area contributed by atoms with Crippen molar-refractivity contribution in [3.63, 3.8) is 0 Å². The number of para-hydroxylation sites is 1. The third-order valence-electron chi connectivity index (χ3n) is 2.42. The second-order valence-corrected chi connectivity index (χ2v) is 3.63. The number of phenolic OH excluding ortho intramolecular Hbond substituents is 1. The van der Waals surface area contributed by atoms with E-state index in [1.807, 2.05) is 0 Å². The van der Waals surface area contributed by atoms with Crippen molar-refractivity contribution in [2.24, 2.45) is 7.05 Å². The van der Waals surface area contributed by atoms with Crippen LogP contribution in [-0.2, 0) is 7.05 Å². The quantitative estimate of drug-likeness (QED) is 0.812. The van der Waals surface area contributed by atoms with Crippen LogP contribution in [0.25, 0.3) is 0 Å². The van der Waals surface area contributed by atoms with Gasteiger partial charge in [0.1, 0.15) is 12.1 Å².